The van der Waals surface area contributed by atoms with Crippen molar-refractivity contribution in [3.63, 3.8) is 0 Å². The first-order valence-corrected chi connectivity index (χ1v) is 7.72. The van der Waals surface area contributed by atoms with Gasteiger partial charge in [-0.1, -0.05) is 6.07 Å². The van der Waals surface area contributed by atoms with Crippen molar-refractivity contribution in [2.45, 2.75) is 39.2 Å². The van der Waals surface area contributed by atoms with Gasteiger partial charge in [0.2, 0.25) is 0 Å². The molecule has 4 nitrogen and oxygen atoms in total. The second-order valence-electron chi connectivity index (χ2n) is 6.63. The van der Waals surface area contributed by atoms with Gasteiger partial charge in [0.1, 0.15) is 12.4 Å². The molecule has 2 rings (SSSR count). The van der Waals surface area contributed by atoms with Crippen LogP contribution in [0.3, 0.4) is 0 Å². The van der Waals surface area contributed by atoms with Gasteiger partial charge in [-0.3, -0.25) is 9.69 Å². The third-order valence-corrected chi connectivity index (χ3v) is 3.46. The van der Waals surface area contributed by atoms with Crippen LogP contribution in [0.5, 0.6) is 5.75 Å². The molecular weight excluding hydrogens is 264 g/mol. The molecule has 1 aromatic carbocycles. The maximum atomic E-state index is 12.1. The first kappa shape index (κ1) is 15.8. The molecule has 1 heterocycles. The number of amides is 1. The number of nitrogens with zero attached hydrogens (tertiary/aromatic N) is 1. The fraction of sp³-hybridized carbons (Fsp3) is 0.588. The quantitative estimate of drug-likeness (QED) is 0.906. The summed E-state index contributed by atoms with van der Waals surface area (Å²) in [6.07, 6.45) is 2.59. The van der Waals surface area contributed by atoms with Crippen LogP contribution in [0, 0.1) is 0 Å². The number of benzene rings is 1. The number of hydrogen-bond acceptors (Lipinski definition) is 3. The number of hydrogen-bond donors (Lipinski definition) is 1. The second-order valence-corrected chi connectivity index (χ2v) is 6.63. The smallest absolute Gasteiger partial charge is 0.251 e. The van der Waals surface area contributed by atoms with Crippen molar-refractivity contribution in [1.29, 1.82) is 0 Å². The zero-order valence-corrected chi connectivity index (χ0v) is 13.3. The Morgan fingerprint density at radius 2 is 2.00 bits per heavy atom. The van der Waals surface area contributed by atoms with E-state index in [9.17, 15) is 4.79 Å². The van der Waals surface area contributed by atoms with Crippen LogP contribution in [0.2, 0.25) is 0 Å². The van der Waals surface area contributed by atoms with Gasteiger partial charge in [-0.15, -0.1) is 0 Å². The van der Waals surface area contributed by atoms with E-state index in [1.807, 2.05) is 45.0 Å². The third kappa shape index (κ3) is 5.38. The van der Waals surface area contributed by atoms with Crippen LogP contribution < -0.4 is 10.1 Å². The van der Waals surface area contributed by atoms with Crippen LogP contribution in [0.1, 0.15) is 44.0 Å². The maximum absolute atomic E-state index is 12.1. The van der Waals surface area contributed by atoms with Gasteiger partial charge in [-0.2, -0.15) is 0 Å². The number of likely N-dealkylation sites (tertiary alicyclic amines) is 1. The molecule has 0 aromatic heterocycles. The van der Waals surface area contributed by atoms with Crippen molar-refractivity contribution < 1.29 is 9.53 Å². The summed E-state index contributed by atoms with van der Waals surface area (Å²) in [5, 5.41) is 2.96. The molecule has 1 aromatic rings. The molecule has 1 fully saturated rings. The van der Waals surface area contributed by atoms with Crippen molar-refractivity contribution in [3.05, 3.63) is 29.8 Å². The minimum atomic E-state index is -0.232. The number of nitrogens with one attached hydrogen (secondary N) is 1. The minimum absolute atomic E-state index is 0.0625. The molecule has 0 atom stereocenters. The van der Waals surface area contributed by atoms with Crippen molar-refractivity contribution in [2.75, 3.05) is 26.2 Å². The molecule has 116 valence electrons. The summed E-state index contributed by atoms with van der Waals surface area (Å²) in [5.74, 6) is 0.697. The molecule has 1 N–H and O–H groups in total. The van der Waals surface area contributed by atoms with E-state index in [1.54, 1.807) is 0 Å². The standard InChI is InChI=1S/C17H26N2O2/c1-17(2,3)18-16(20)14-7-6-8-15(13-14)21-12-11-19-9-4-5-10-19/h6-8,13H,4-5,9-12H2,1-3H3,(H,18,20). The van der Waals surface area contributed by atoms with Gasteiger partial charge in [0.25, 0.3) is 5.91 Å². The van der Waals surface area contributed by atoms with E-state index in [1.165, 1.54) is 25.9 Å². The predicted octanol–water partition coefficient (Wildman–Crippen LogP) is 2.69. The van der Waals surface area contributed by atoms with Gasteiger partial charge < -0.3 is 10.1 Å². The lowest BCUT2D eigenvalue weighted by atomic mass is 10.1. The molecule has 4 heteroatoms. The summed E-state index contributed by atoms with van der Waals surface area (Å²) in [4.78, 5) is 14.5. The molecule has 0 spiro atoms. The Balaban J connectivity index is 1.86. The summed E-state index contributed by atoms with van der Waals surface area (Å²) < 4.78 is 5.77. The van der Waals surface area contributed by atoms with Gasteiger partial charge in [0.05, 0.1) is 0 Å². The van der Waals surface area contributed by atoms with Gasteiger partial charge in [0, 0.05) is 17.6 Å². The summed E-state index contributed by atoms with van der Waals surface area (Å²) >= 11 is 0. The van der Waals surface area contributed by atoms with Crippen LogP contribution in [0.15, 0.2) is 24.3 Å². The Morgan fingerprint density at radius 1 is 1.29 bits per heavy atom. The third-order valence-electron chi connectivity index (χ3n) is 3.46. The first-order valence-electron chi connectivity index (χ1n) is 7.72. The van der Waals surface area contributed by atoms with Gasteiger partial charge in [-0.25, -0.2) is 0 Å². The molecule has 21 heavy (non-hydrogen) atoms. The van der Waals surface area contributed by atoms with E-state index in [-0.39, 0.29) is 11.4 Å². The van der Waals surface area contributed by atoms with Crippen molar-refractivity contribution in [1.82, 2.24) is 10.2 Å². The highest BCUT2D eigenvalue weighted by atomic mass is 16.5. The number of carbonyl (C=O) groups excluding carboxylic acids is 1. The van der Waals surface area contributed by atoms with Crippen LogP contribution in [0.4, 0.5) is 0 Å². The topological polar surface area (TPSA) is 41.6 Å². The fourth-order valence-corrected chi connectivity index (χ4v) is 2.44. The van der Waals surface area contributed by atoms with E-state index < -0.39 is 0 Å². The van der Waals surface area contributed by atoms with Crippen molar-refractivity contribution in [2.24, 2.45) is 0 Å². The lowest BCUT2D eigenvalue weighted by Crippen LogP contribution is -2.40. The van der Waals surface area contributed by atoms with Gasteiger partial charge >= 0.3 is 0 Å². The predicted molar refractivity (Wildman–Crippen MR) is 84.8 cm³/mol. The Morgan fingerprint density at radius 3 is 2.67 bits per heavy atom. The van der Waals surface area contributed by atoms with E-state index in [2.05, 4.69) is 10.2 Å². The summed E-state index contributed by atoms with van der Waals surface area (Å²) in [7, 11) is 0. The van der Waals surface area contributed by atoms with Crippen LogP contribution in [-0.2, 0) is 0 Å². The number of ether oxygens (including phenoxy) is 1. The van der Waals surface area contributed by atoms with E-state index in [0.717, 1.165) is 12.3 Å². The Kier molecular flexibility index (Phi) is 5.23. The molecule has 0 bridgehead atoms. The molecule has 0 unspecified atom stereocenters. The lowest BCUT2D eigenvalue weighted by Gasteiger charge is -2.20. The highest BCUT2D eigenvalue weighted by Gasteiger charge is 2.15. The molecule has 1 aliphatic rings. The molecule has 1 amide bonds. The second kappa shape index (κ2) is 6.94. The monoisotopic (exact) mass is 290 g/mol. The first-order chi connectivity index (χ1) is 9.94. The zero-order valence-electron chi connectivity index (χ0n) is 13.3. The molecule has 1 saturated heterocycles. The normalized spacial score (nSPS) is 16.0. The lowest BCUT2D eigenvalue weighted by molar-refractivity contribution is 0.0919. The van der Waals surface area contributed by atoms with Gasteiger partial charge in [-0.05, 0) is 64.9 Å². The summed E-state index contributed by atoms with van der Waals surface area (Å²) in [5.41, 5.74) is 0.410. The van der Waals surface area contributed by atoms with Gasteiger partial charge in [0.15, 0.2) is 0 Å². The summed E-state index contributed by atoms with van der Waals surface area (Å²) in [6, 6.07) is 7.39. The average Bonchev–Trinajstić information content (AvgIpc) is 2.90. The van der Waals surface area contributed by atoms with E-state index in [4.69, 9.17) is 4.74 Å². The fourth-order valence-electron chi connectivity index (χ4n) is 2.44. The average molecular weight is 290 g/mol. The van der Waals surface area contributed by atoms with E-state index in [0.29, 0.717) is 12.2 Å². The van der Waals surface area contributed by atoms with Crippen LogP contribution in [-0.4, -0.2) is 42.6 Å². The number of rotatable bonds is 5. The highest BCUT2D eigenvalue weighted by molar-refractivity contribution is 5.95. The molecular formula is C17H26N2O2. The Hall–Kier alpha value is -1.55. The SMILES string of the molecule is CC(C)(C)NC(=O)c1cccc(OCCN2CCCC2)c1. The summed E-state index contributed by atoms with van der Waals surface area (Å²) in [6.45, 7) is 9.90. The molecule has 0 aliphatic carbocycles. The number of carbonyl (C=O) groups is 1. The Bertz CT molecular complexity index is 474. The van der Waals surface area contributed by atoms with Crippen LogP contribution >= 0.6 is 0 Å². The maximum Gasteiger partial charge on any atom is 0.251 e. The van der Waals surface area contributed by atoms with Crippen molar-refractivity contribution >= 4 is 5.91 Å². The molecule has 1 aliphatic heterocycles. The van der Waals surface area contributed by atoms with Crippen LogP contribution in [0.25, 0.3) is 0 Å². The van der Waals surface area contributed by atoms with E-state index >= 15 is 0 Å². The molecule has 0 saturated carbocycles. The van der Waals surface area contributed by atoms with Crippen molar-refractivity contribution in [3.8, 4) is 5.75 Å². The minimum Gasteiger partial charge on any atom is -0.492 e. The zero-order chi connectivity index (χ0) is 15.3. The Labute approximate surface area is 127 Å². The molecule has 0 radical (unpaired) electrons. The largest absolute Gasteiger partial charge is 0.492 e. The highest BCUT2D eigenvalue weighted by Crippen LogP contribution is 2.15.